The monoisotopic (exact) mass is 336 g/mol. The SMILES string of the molecule is CC(CC(=O)N(C)CC(=O)N1CCC(O)CC1)c1ccccc1F. The van der Waals surface area contributed by atoms with E-state index >= 15 is 0 Å². The van der Waals surface area contributed by atoms with E-state index in [-0.39, 0.29) is 42.6 Å². The Kier molecular flexibility index (Phi) is 6.31. The Hall–Kier alpha value is -1.95. The molecular weight excluding hydrogens is 311 g/mol. The molecule has 5 nitrogen and oxygen atoms in total. The summed E-state index contributed by atoms with van der Waals surface area (Å²) in [6.07, 6.45) is 0.972. The van der Waals surface area contributed by atoms with Crippen LogP contribution in [-0.4, -0.2) is 59.5 Å². The maximum atomic E-state index is 13.8. The van der Waals surface area contributed by atoms with Gasteiger partial charge in [0, 0.05) is 26.6 Å². The molecule has 0 aliphatic carbocycles. The second-order valence-corrected chi connectivity index (χ2v) is 6.49. The number of aliphatic hydroxyl groups excluding tert-OH is 1. The molecule has 0 saturated carbocycles. The van der Waals surface area contributed by atoms with Gasteiger partial charge in [0.1, 0.15) is 5.82 Å². The number of nitrogens with zero attached hydrogens (tertiary/aromatic N) is 2. The molecule has 1 aliphatic rings. The van der Waals surface area contributed by atoms with E-state index in [4.69, 9.17) is 0 Å². The first-order valence-electron chi connectivity index (χ1n) is 8.32. The molecule has 2 rings (SSSR count). The van der Waals surface area contributed by atoms with Gasteiger partial charge >= 0.3 is 0 Å². The van der Waals surface area contributed by atoms with E-state index < -0.39 is 0 Å². The third kappa shape index (κ3) is 4.77. The molecule has 6 heteroatoms. The highest BCUT2D eigenvalue weighted by Gasteiger charge is 2.24. The van der Waals surface area contributed by atoms with E-state index in [9.17, 15) is 19.1 Å². The van der Waals surface area contributed by atoms with E-state index in [0.717, 1.165) is 0 Å². The van der Waals surface area contributed by atoms with Gasteiger partial charge in [-0.2, -0.15) is 0 Å². The fraction of sp³-hybridized carbons (Fsp3) is 0.556. The lowest BCUT2D eigenvalue weighted by atomic mass is 9.96. The molecule has 1 aliphatic heterocycles. The van der Waals surface area contributed by atoms with Crippen molar-refractivity contribution in [3.63, 3.8) is 0 Å². The van der Waals surface area contributed by atoms with Crippen LogP contribution in [0.2, 0.25) is 0 Å². The smallest absolute Gasteiger partial charge is 0.242 e. The summed E-state index contributed by atoms with van der Waals surface area (Å²) in [6, 6.07) is 6.43. The third-order valence-electron chi connectivity index (χ3n) is 4.53. The summed E-state index contributed by atoms with van der Waals surface area (Å²) in [7, 11) is 1.59. The Labute approximate surface area is 142 Å². The predicted octanol–water partition coefficient (Wildman–Crippen LogP) is 1.76. The molecule has 132 valence electrons. The van der Waals surface area contributed by atoms with Crippen molar-refractivity contribution in [2.45, 2.75) is 38.2 Å². The van der Waals surface area contributed by atoms with E-state index in [1.807, 2.05) is 0 Å². The fourth-order valence-electron chi connectivity index (χ4n) is 2.91. The number of likely N-dealkylation sites (tertiary alicyclic amines) is 1. The van der Waals surface area contributed by atoms with Crippen molar-refractivity contribution < 1.29 is 19.1 Å². The number of amides is 2. The van der Waals surface area contributed by atoms with Crippen molar-refractivity contribution in [2.24, 2.45) is 0 Å². The standard InChI is InChI=1S/C18H25FN2O3/c1-13(15-5-3-4-6-16(15)19)11-17(23)20(2)12-18(24)21-9-7-14(22)8-10-21/h3-6,13-14,22H,7-12H2,1-2H3. The van der Waals surface area contributed by atoms with Crippen LogP contribution in [0.25, 0.3) is 0 Å². The molecule has 1 N–H and O–H groups in total. The largest absolute Gasteiger partial charge is 0.393 e. The van der Waals surface area contributed by atoms with Gasteiger partial charge in [-0.3, -0.25) is 9.59 Å². The van der Waals surface area contributed by atoms with Crippen LogP contribution in [-0.2, 0) is 9.59 Å². The van der Waals surface area contributed by atoms with Crippen molar-refractivity contribution in [1.82, 2.24) is 9.80 Å². The molecule has 0 spiro atoms. The topological polar surface area (TPSA) is 60.9 Å². The highest BCUT2D eigenvalue weighted by molar-refractivity contribution is 5.85. The lowest BCUT2D eigenvalue weighted by Gasteiger charge is -2.31. The van der Waals surface area contributed by atoms with Gasteiger partial charge in [0.25, 0.3) is 0 Å². The second-order valence-electron chi connectivity index (χ2n) is 6.49. The van der Waals surface area contributed by atoms with Crippen molar-refractivity contribution in [3.05, 3.63) is 35.6 Å². The zero-order valence-electron chi connectivity index (χ0n) is 14.2. The van der Waals surface area contributed by atoms with Gasteiger partial charge in [-0.05, 0) is 30.4 Å². The predicted molar refractivity (Wildman–Crippen MR) is 88.9 cm³/mol. The molecule has 1 fully saturated rings. The number of benzene rings is 1. The maximum Gasteiger partial charge on any atom is 0.242 e. The number of hydrogen-bond acceptors (Lipinski definition) is 3. The second kappa shape index (κ2) is 8.24. The number of carbonyl (C=O) groups is 2. The third-order valence-corrected chi connectivity index (χ3v) is 4.53. The minimum absolute atomic E-state index is 0.0128. The van der Waals surface area contributed by atoms with Crippen molar-refractivity contribution in [3.8, 4) is 0 Å². The minimum atomic E-state index is -0.338. The van der Waals surface area contributed by atoms with Crippen molar-refractivity contribution >= 4 is 11.8 Å². The van der Waals surface area contributed by atoms with Crippen LogP contribution in [0.1, 0.15) is 37.7 Å². The molecular formula is C18H25FN2O3. The number of aliphatic hydroxyl groups is 1. The summed E-state index contributed by atoms with van der Waals surface area (Å²) in [5, 5.41) is 9.48. The summed E-state index contributed by atoms with van der Waals surface area (Å²) >= 11 is 0. The van der Waals surface area contributed by atoms with Gasteiger partial charge in [0.15, 0.2) is 0 Å². The van der Waals surface area contributed by atoms with E-state index in [1.54, 1.807) is 37.1 Å². The molecule has 0 aromatic heterocycles. The van der Waals surface area contributed by atoms with Gasteiger partial charge in [0.05, 0.1) is 12.6 Å². The van der Waals surface area contributed by atoms with Crippen LogP contribution in [0.3, 0.4) is 0 Å². The van der Waals surface area contributed by atoms with Crippen LogP contribution in [0.4, 0.5) is 4.39 Å². The molecule has 1 unspecified atom stereocenters. The van der Waals surface area contributed by atoms with Crippen molar-refractivity contribution in [2.75, 3.05) is 26.7 Å². The average Bonchev–Trinajstić information content (AvgIpc) is 2.55. The Balaban J connectivity index is 1.85. The molecule has 1 atom stereocenters. The van der Waals surface area contributed by atoms with Crippen LogP contribution < -0.4 is 0 Å². The van der Waals surface area contributed by atoms with E-state index in [2.05, 4.69) is 0 Å². The van der Waals surface area contributed by atoms with Crippen LogP contribution in [0.5, 0.6) is 0 Å². The summed E-state index contributed by atoms with van der Waals surface area (Å²) < 4.78 is 13.8. The van der Waals surface area contributed by atoms with Gasteiger partial charge in [-0.1, -0.05) is 25.1 Å². The number of carbonyl (C=O) groups excluding carboxylic acids is 2. The zero-order chi connectivity index (χ0) is 17.7. The highest BCUT2D eigenvalue weighted by atomic mass is 19.1. The summed E-state index contributed by atoms with van der Waals surface area (Å²) in [5.41, 5.74) is 0.510. The number of piperidine rings is 1. The zero-order valence-corrected chi connectivity index (χ0v) is 14.2. The number of rotatable bonds is 5. The normalized spacial score (nSPS) is 16.8. The molecule has 1 saturated heterocycles. The van der Waals surface area contributed by atoms with Crippen LogP contribution >= 0.6 is 0 Å². The quantitative estimate of drug-likeness (QED) is 0.891. The van der Waals surface area contributed by atoms with Crippen LogP contribution in [0.15, 0.2) is 24.3 Å². The van der Waals surface area contributed by atoms with Gasteiger partial charge in [0.2, 0.25) is 11.8 Å². The Morgan fingerprint density at radius 3 is 2.58 bits per heavy atom. The summed E-state index contributed by atoms with van der Waals surface area (Å²) in [5.74, 6) is -0.864. The molecule has 1 heterocycles. The maximum absolute atomic E-state index is 13.8. The Morgan fingerprint density at radius 2 is 1.96 bits per heavy atom. The van der Waals surface area contributed by atoms with Gasteiger partial charge in [-0.15, -0.1) is 0 Å². The molecule has 0 bridgehead atoms. The molecule has 24 heavy (non-hydrogen) atoms. The molecule has 1 aromatic carbocycles. The summed E-state index contributed by atoms with van der Waals surface area (Å²) in [6.45, 7) is 2.86. The first-order chi connectivity index (χ1) is 11.4. The Morgan fingerprint density at radius 1 is 1.33 bits per heavy atom. The van der Waals surface area contributed by atoms with Gasteiger partial charge < -0.3 is 14.9 Å². The average molecular weight is 336 g/mol. The lowest BCUT2D eigenvalue weighted by Crippen LogP contribution is -2.45. The number of likely N-dealkylation sites (N-methyl/N-ethyl adjacent to an activating group) is 1. The van der Waals surface area contributed by atoms with Crippen molar-refractivity contribution in [1.29, 1.82) is 0 Å². The number of halogens is 1. The molecule has 2 amide bonds. The van der Waals surface area contributed by atoms with Gasteiger partial charge in [-0.25, -0.2) is 4.39 Å². The van der Waals surface area contributed by atoms with E-state index in [0.29, 0.717) is 31.5 Å². The van der Waals surface area contributed by atoms with Crippen LogP contribution in [0, 0.1) is 5.82 Å². The molecule has 1 aromatic rings. The Bertz CT molecular complexity index is 585. The first kappa shape index (κ1) is 18.4. The first-order valence-corrected chi connectivity index (χ1v) is 8.32. The lowest BCUT2D eigenvalue weighted by molar-refractivity contribution is -0.140. The minimum Gasteiger partial charge on any atom is -0.393 e. The summed E-state index contributed by atoms with van der Waals surface area (Å²) in [4.78, 5) is 27.6. The number of hydrogen-bond donors (Lipinski definition) is 1. The highest BCUT2D eigenvalue weighted by Crippen LogP contribution is 2.22. The van der Waals surface area contributed by atoms with E-state index in [1.165, 1.54) is 11.0 Å². The molecule has 0 radical (unpaired) electrons. The fourth-order valence-corrected chi connectivity index (χ4v) is 2.91.